The Morgan fingerprint density at radius 3 is 2.73 bits per heavy atom. The van der Waals surface area contributed by atoms with Crippen LogP contribution in [0.25, 0.3) is 0 Å². The van der Waals surface area contributed by atoms with E-state index < -0.39 is 22.6 Å². The van der Waals surface area contributed by atoms with Gasteiger partial charge in [0, 0.05) is 51.0 Å². The van der Waals surface area contributed by atoms with Crippen molar-refractivity contribution in [1.82, 2.24) is 19.0 Å². The van der Waals surface area contributed by atoms with Crippen molar-refractivity contribution in [2.45, 2.75) is 51.1 Å². The number of benzene rings is 1. The van der Waals surface area contributed by atoms with E-state index in [0.717, 1.165) is 56.7 Å². The van der Waals surface area contributed by atoms with Crippen molar-refractivity contribution in [2.24, 2.45) is 0 Å². The van der Waals surface area contributed by atoms with Crippen LogP contribution in [0.1, 0.15) is 43.7 Å². The van der Waals surface area contributed by atoms with Crippen LogP contribution < -0.4 is 10.4 Å². The molecule has 3 heterocycles. The molecule has 0 saturated carbocycles. The van der Waals surface area contributed by atoms with Gasteiger partial charge in [-0.2, -0.15) is 9.57 Å². The van der Waals surface area contributed by atoms with Crippen LogP contribution in [0.4, 0.5) is 5.69 Å². The average Bonchev–Trinajstić information content (AvgIpc) is 3.09. The van der Waals surface area contributed by atoms with Crippen molar-refractivity contribution in [3.8, 4) is 6.07 Å². The summed E-state index contributed by atoms with van der Waals surface area (Å²) in [7, 11) is 0. The molecule has 10 heteroatoms. The minimum Gasteiger partial charge on any atom is -0.369 e. The zero-order valence-corrected chi connectivity index (χ0v) is 20.3. The summed E-state index contributed by atoms with van der Waals surface area (Å²) in [5.74, 6) is -0.452. The van der Waals surface area contributed by atoms with Crippen LogP contribution in [0.5, 0.6) is 0 Å². The number of unbranched alkanes of at least 4 members (excludes halogenated alkanes) is 1. The standard InChI is InChI=1S/C23H34N6O3S/c1-3-4-9-26-16-20-7-8-23(17-26,22(30)25-31)29(20)33(32)28-12-10-27(11-13-28)21-6-5-19(15-24)14-18(21)2/h5-6,14,20,31H,3-4,7-13,16-17H2,1-2H3,(H,25,30). The molecule has 0 spiro atoms. The Morgan fingerprint density at radius 1 is 1.33 bits per heavy atom. The maximum absolute atomic E-state index is 13.8. The molecule has 0 radical (unpaired) electrons. The van der Waals surface area contributed by atoms with Crippen LogP contribution in [-0.4, -0.2) is 86.2 Å². The van der Waals surface area contributed by atoms with E-state index in [1.807, 2.05) is 39.2 Å². The first-order chi connectivity index (χ1) is 15.9. The normalized spacial score (nSPS) is 27.3. The summed E-state index contributed by atoms with van der Waals surface area (Å²) in [5.41, 5.74) is 3.72. The van der Waals surface area contributed by atoms with E-state index >= 15 is 0 Å². The maximum atomic E-state index is 13.8. The summed E-state index contributed by atoms with van der Waals surface area (Å²) >= 11 is -1.46. The highest BCUT2D eigenvalue weighted by Crippen LogP contribution is 2.41. The molecule has 3 aliphatic heterocycles. The zero-order chi connectivity index (χ0) is 23.6. The third kappa shape index (κ3) is 4.53. The summed E-state index contributed by atoms with van der Waals surface area (Å²) < 4.78 is 17.6. The van der Waals surface area contributed by atoms with Gasteiger partial charge in [-0.1, -0.05) is 13.3 Å². The second-order valence-corrected chi connectivity index (χ2v) is 10.7. The van der Waals surface area contributed by atoms with Gasteiger partial charge in [-0.15, -0.1) is 0 Å². The number of nitrogens with one attached hydrogen (secondary N) is 1. The molecule has 0 aliphatic carbocycles. The Morgan fingerprint density at radius 2 is 2.09 bits per heavy atom. The zero-order valence-electron chi connectivity index (χ0n) is 19.5. The minimum absolute atomic E-state index is 0.0348. The number of likely N-dealkylation sites (tertiary alicyclic amines) is 1. The Kier molecular flexibility index (Phi) is 7.36. The van der Waals surface area contributed by atoms with Gasteiger partial charge < -0.3 is 4.90 Å². The lowest BCUT2D eigenvalue weighted by molar-refractivity contribution is -0.141. The molecule has 9 nitrogen and oxygen atoms in total. The Hall–Kier alpha value is -2.03. The highest BCUT2D eigenvalue weighted by atomic mass is 32.2. The van der Waals surface area contributed by atoms with Gasteiger partial charge in [0.05, 0.1) is 11.6 Å². The summed E-state index contributed by atoms with van der Waals surface area (Å²) in [6.45, 7) is 9.04. The van der Waals surface area contributed by atoms with Crippen molar-refractivity contribution in [2.75, 3.05) is 50.7 Å². The second kappa shape index (κ2) is 10.1. The van der Waals surface area contributed by atoms with E-state index in [1.54, 1.807) is 0 Å². The maximum Gasteiger partial charge on any atom is 0.266 e. The fourth-order valence-electron chi connectivity index (χ4n) is 5.54. The van der Waals surface area contributed by atoms with Gasteiger partial charge in [0.15, 0.2) is 11.2 Å². The summed E-state index contributed by atoms with van der Waals surface area (Å²) in [6, 6.07) is 7.92. The number of anilines is 1. The molecule has 3 saturated heterocycles. The Bertz CT molecular complexity index is 945. The van der Waals surface area contributed by atoms with Crippen LogP contribution in [-0.2, 0) is 16.0 Å². The number of carbonyl (C=O) groups excluding carboxylic acids is 1. The molecule has 1 amide bonds. The number of fused-ring (bicyclic) bond motifs is 2. The van der Waals surface area contributed by atoms with Crippen molar-refractivity contribution in [3.63, 3.8) is 0 Å². The largest absolute Gasteiger partial charge is 0.369 e. The lowest BCUT2D eigenvalue weighted by atomic mass is 9.95. The van der Waals surface area contributed by atoms with Crippen LogP contribution >= 0.6 is 0 Å². The molecular formula is C23H34N6O3S. The topological polar surface area (TPSA) is 103 Å². The second-order valence-electron chi connectivity index (χ2n) is 9.34. The fraction of sp³-hybridized carbons (Fsp3) is 0.652. The van der Waals surface area contributed by atoms with E-state index in [9.17, 15) is 14.2 Å². The summed E-state index contributed by atoms with van der Waals surface area (Å²) in [6.07, 6.45) is 3.54. The molecule has 1 aromatic carbocycles. The van der Waals surface area contributed by atoms with Gasteiger partial charge in [0.2, 0.25) is 0 Å². The van der Waals surface area contributed by atoms with Crippen molar-refractivity contribution in [3.05, 3.63) is 29.3 Å². The number of hydrogen-bond acceptors (Lipinski definition) is 6. The number of nitrogens with zero attached hydrogens (tertiary/aromatic N) is 5. The SMILES string of the molecule is CCCCN1CC2CCC(C(=O)NO)(C1)N2S(=O)N1CCN(c2ccc(C#N)cc2C)CC1. The van der Waals surface area contributed by atoms with E-state index in [-0.39, 0.29) is 6.04 Å². The predicted molar refractivity (Wildman–Crippen MR) is 127 cm³/mol. The van der Waals surface area contributed by atoms with E-state index in [2.05, 4.69) is 22.8 Å². The first-order valence-corrected chi connectivity index (χ1v) is 12.9. The first-order valence-electron chi connectivity index (χ1n) is 11.8. The van der Waals surface area contributed by atoms with Gasteiger partial charge in [-0.05, 0) is 56.5 Å². The van der Waals surface area contributed by atoms with E-state index in [4.69, 9.17) is 5.26 Å². The number of rotatable bonds is 7. The molecule has 33 heavy (non-hydrogen) atoms. The summed E-state index contributed by atoms with van der Waals surface area (Å²) in [5, 5.41) is 18.6. The molecule has 3 fully saturated rings. The molecular weight excluding hydrogens is 440 g/mol. The lowest BCUT2D eigenvalue weighted by Crippen LogP contribution is -2.69. The van der Waals surface area contributed by atoms with Crippen LogP contribution in [0.15, 0.2) is 18.2 Å². The number of amides is 1. The van der Waals surface area contributed by atoms with Crippen molar-refractivity contribution >= 4 is 22.8 Å². The summed E-state index contributed by atoms with van der Waals surface area (Å²) in [4.78, 5) is 17.4. The van der Waals surface area contributed by atoms with Gasteiger partial charge in [-0.3, -0.25) is 14.9 Å². The Balaban J connectivity index is 1.47. The highest BCUT2D eigenvalue weighted by molar-refractivity contribution is 7.80. The van der Waals surface area contributed by atoms with Gasteiger partial charge in [0.25, 0.3) is 5.91 Å². The first kappa shape index (κ1) is 24.1. The van der Waals surface area contributed by atoms with Crippen LogP contribution in [0.3, 0.4) is 0 Å². The average molecular weight is 475 g/mol. The van der Waals surface area contributed by atoms with Gasteiger partial charge in [0.1, 0.15) is 5.54 Å². The number of piperazine rings is 2. The third-order valence-corrected chi connectivity index (χ3v) is 9.04. The number of nitriles is 1. The molecule has 3 unspecified atom stereocenters. The molecule has 180 valence electrons. The fourth-order valence-corrected chi connectivity index (χ4v) is 7.22. The van der Waals surface area contributed by atoms with Crippen LogP contribution in [0.2, 0.25) is 0 Å². The third-order valence-electron chi connectivity index (χ3n) is 7.25. The number of hydrogen-bond donors (Lipinski definition) is 2. The molecule has 3 atom stereocenters. The lowest BCUT2D eigenvalue weighted by Gasteiger charge is -2.48. The number of hydroxylamine groups is 1. The van der Waals surface area contributed by atoms with E-state index in [0.29, 0.717) is 31.6 Å². The highest BCUT2D eigenvalue weighted by Gasteiger charge is 2.59. The molecule has 1 aromatic rings. The van der Waals surface area contributed by atoms with Gasteiger partial charge >= 0.3 is 0 Å². The molecule has 0 aromatic heterocycles. The van der Waals surface area contributed by atoms with Crippen molar-refractivity contribution < 1.29 is 14.2 Å². The molecule has 3 aliphatic rings. The smallest absolute Gasteiger partial charge is 0.266 e. The minimum atomic E-state index is -1.46. The Labute approximate surface area is 198 Å². The van der Waals surface area contributed by atoms with E-state index in [1.165, 1.54) is 0 Å². The predicted octanol–water partition coefficient (Wildman–Crippen LogP) is 1.39. The molecule has 4 rings (SSSR count). The van der Waals surface area contributed by atoms with Crippen molar-refractivity contribution in [1.29, 1.82) is 5.26 Å². The molecule has 2 N–H and O–H groups in total. The monoisotopic (exact) mass is 474 g/mol. The molecule has 2 bridgehead atoms. The number of carbonyl (C=O) groups is 1. The van der Waals surface area contributed by atoms with Crippen LogP contribution in [0, 0.1) is 18.3 Å². The quantitative estimate of drug-likeness (QED) is 0.457. The van der Waals surface area contributed by atoms with Gasteiger partial charge in [-0.25, -0.2) is 14.0 Å². The number of aryl methyl sites for hydroxylation is 1.